The monoisotopic (exact) mass is 408 g/mol. The van der Waals surface area contributed by atoms with Crippen molar-refractivity contribution in [2.45, 2.75) is 52.2 Å². The van der Waals surface area contributed by atoms with E-state index in [0.29, 0.717) is 31.9 Å². The molecule has 0 saturated carbocycles. The van der Waals surface area contributed by atoms with Crippen molar-refractivity contribution in [2.75, 3.05) is 25.1 Å². The first-order valence-electron chi connectivity index (χ1n) is 9.85. The van der Waals surface area contributed by atoms with E-state index in [-0.39, 0.29) is 17.7 Å². The maximum absolute atomic E-state index is 11.8. The van der Waals surface area contributed by atoms with Crippen LogP contribution in [0.25, 0.3) is 0 Å². The number of guanidine groups is 1. The molecule has 0 radical (unpaired) electrons. The summed E-state index contributed by atoms with van der Waals surface area (Å²) in [7, 11) is -2.97. The van der Waals surface area contributed by atoms with Crippen molar-refractivity contribution >= 4 is 21.7 Å². The van der Waals surface area contributed by atoms with Gasteiger partial charge in [-0.1, -0.05) is 24.3 Å². The molecule has 1 unspecified atom stereocenters. The van der Waals surface area contributed by atoms with E-state index in [1.54, 1.807) is 0 Å². The minimum absolute atomic E-state index is 0.0000355. The van der Waals surface area contributed by atoms with Crippen LogP contribution in [-0.2, 0) is 27.7 Å². The van der Waals surface area contributed by atoms with E-state index >= 15 is 0 Å². The fourth-order valence-electron chi connectivity index (χ4n) is 3.10. The van der Waals surface area contributed by atoms with Gasteiger partial charge >= 0.3 is 0 Å². The number of carbonyl (C=O) groups excluding carboxylic acids is 1. The normalized spacial score (nSPS) is 16.3. The molecule has 0 bridgehead atoms. The number of amides is 1. The molecule has 1 aliphatic heterocycles. The summed E-state index contributed by atoms with van der Waals surface area (Å²) >= 11 is 0. The molecule has 1 saturated heterocycles. The largest absolute Gasteiger partial charge is 0.357 e. The Balaban J connectivity index is 1.95. The number of likely N-dealkylation sites (tertiary alicyclic amines) is 1. The van der Waals surface area contributed by atoms with E-state index in [9.17, 15) is 13.2 Å². The summed E-state index contributed by atoms with van der Waals surface area (Å²) < 4.78 is 22.7. The first kappa shape index (κ1) is 22.2. The lowest BCUT2D eigenvalue weighted by molar-refractivity contribution is -0.128. The zero-order chi connectivity index (χ0) is 20.6. The smallest absolute Gasteiger partial charge is 0.222 e. The fraction of sp³-hybridized carbons (Fsp3) is 0.600. The highest BCUT2D eigenvalue weighted by Gasteiger charge is 2.19. The maximum Gasteiger partial charge on any atom is 0.222 e. The van der Waals surface area contributed by atoms with Crippen molar-refractivity contribution in [2.24, 2.45) is 4.99 Å². The van der Waals surface area contributed by atoms with Gasteiger partial charge in [0.15, 0.2) is 5.96 Å². The van der Waals surface area contributed by atoms with E-state index < -0.39 is 9.84 Å². The second-order valence-corrected chi connectivity index (χ2v) is 9.66. The zero-order valence-electron chi connectivity index (χ0n) is 17.1. The topological polar surface area (TPSA) is 90.9 Å². The van der Waals surface area contributed by atoms with Crippen molar-refractivity contribution in [1.82, 2.24) is 15.5 Å². The summed E-state index contributed by atoms with van der Waals surface area (Å²) in [5.41, 5.74) is 2.19. The summed E-state index contributed by atoms with van der Waals surface area (Å²) in [5, 5.41) is 6.46. The molecular weight excluding hydrogens is 376 g/mol. The van der Waals surface area contributed by atoms with Crippen LogP contribution in [0.4, 0.5) is 0 Å². The highest BCUT2D eigenvalue weighted by atomic mass is 32.2. The van der Waals surface area contributed by atoms with E-state index in [0.717, 1.165) is 30.6 Å². The third kappa shape index (κ3) is 7.88. The lowest BCUT2D eigenvalue weighted by atomic mass is 10.1. The van der Waals surface area contributed by atoms with Crippen molar-refractivity contribution in [3.63, 3.8) is 0 Å². The average Bonchev–Trinajstić information content (AvgIpc) is 3.03. The van der Waals surface area contributed by atoms with Crippen molar-refractivity contribution in [3.8, 4) is 0 Å². The summed E-state index contributed by atoms with van der Waals surface area (Å²) in [4.78, 5) is 18.3. The van der Waals surface area contributed by atoms with E-state index in [4.69, 9.17) is 0 Å². The molecule has 1 aromatic rings. The molecule has 2 rings (SSSR count). The second kappa shape index (κ2) is 10.5. The Morgan fingerprint density at radius 2 is 2.07 bits per heavy atom. The molecule has 0 aromatic heterocycles. The number of hydrogen-bond acceptors (Lipinski definition) is 4. The zero-order valence-corrected chi connectivity index (χ0v) is 17.9. The summed E-state index contributed by atoms with van der Waals surface area (Å²) in [6, 6.07) is 8.15. The summed E-state index contributed by atoms with van der Waals surface area (Å²) in [5.74, 6) is 1.05. The van der Waals surface area contributed by atoms with Gasteiger partial charge in [-0.05, 0) is 37.8 Å². The molecule has 1 aromatic carbocycles. The molecule has 8 heteroatoms. The molecule has 1 atom stereocenters. The van der Waals surface area contributed by atoms with Crippen LogP contribution in [0.15, 0.2) is 29.3 Å². The first-order valence-corrected chi connectivity index (χ1v) is 11.9. The van der Waals surface area contributed by atoms with E-state index in [1.165, 1.54) is 6.26 Å². The van der Waals surface area contributed by atoms with E-state index in [1.807, 2.05) is 36.9 Å². The Morgan fingerprint density at radius 3 is 2.71 bits per heavy atom. The van der Waals surface area contributed by atoms with Gasteiger partial charge in [0.25, 0.3) is 0 Å². The lowest BCUT2D eigenvalue weighted by Gasteiger charge is -2.18. The number of nitrogens with one attached hydrogen (secondary N) is 2. The molecule has 1 amide bonds. The Morgan fingerprint density at radius 1 is 1.32 bits per heavy atom. The molecule has 2 N–H and O–H groups in total. The molecule has 28 heavy (non-hydrogen) atoms. The minimum Gasteiger partial charge on any atom is -0.357 e. The van der Waals surface area contributed by atoms with Gasteiger partial charge in [0, 0.05) is 38.4 Å². The number of carbonyl (C=O) groups is 1. The fourth-order valence-corrected chi connectivity index (χ4v) is 3.89. The van der Waals surface area contributed by atoms with Gasteiger partial charge in [0.05, 0.1) is 12.3 Å². The van der Waals surface area contributed by atoms with Crippen molar-refractivity contribution in [3.05, 3.63) is 35.4 Å². The standard InChI is InChI=1S/C20H32N4O3S/c1-4-21-20(23-16(2)10-12-28(3,26)27)22-14-17-7-5-8-18(13-17)15-24-11-6-9-19(24)25/h5,7-8,13,16H,4,6,9-12,14-15H2,1-3H3,(H2,21,22,23). The number of benzene rings is 1. The van der Waals surface area contributed by atoms with Crippen molar-refractivity contribution < 1.29 is 13.2 Å². The van der Waals surface area contributed by atoms with E-state index in [2.05, 4.69) is 21.7 Å². The Bertz CT molecular complexity index is 792. The van der Waals surface area contributed by atoms with Crippen LogP contribution in [0.5, 0.6) is 0 Å². The predicted molar refractivity (Wildman–Crippen MR) is 113 cm³/mol. The van der Waals surface area contributed by atoms with Gasteiger partial charge in [0.1, 0.15) is 9.84 Å². The Kier molecular flexibility index (Phi) is 8.29. The van der Waals surface area contributed by atoms with Crippen LogP contribution in [0.3, 0.4) is 0 Å². The van der Waals surface area contributed by atoms with Crippen LogP contribution < -0.4 is 10.6 Å². The minimum atomic E-state index is -2.97. The van der Waals surface area contributed by atoms with Gasteiger partial charge in [-0.2, -0.15) is 0 Å². The Hall–Kier alpha value is -2.09. The number of rotatable bonds is 9. The molecule has 1 heterocycles. The van der Waals surface area contributed by atoms with Gasteiger partial charge in [0.2, 0.25) is 5.91 Å². The second-order valence-electron chi connectivity index (χ2n) is 7.40. The van der Waals surface area contributed by atoms with Gasteiger partial charge < -0.3 is 15.5 Å². The Labute approximate surface area is 168 Å². The highest BCUT2D eigenvalue weighted by molar-refractivity contribution is 7.90. The molecule has 1 fully saturated rings. The van der Waals surface area contributed by atoms with Crippen LogP contribution in [0.1, 0.15) is 44.2 Å². The number of sulfone groups is 1. The first-order chi connectivity index (χ1) is 13.3. The van der Waals surface area contributed by atoms with Gasteiger partial charge in [-0.25, -0.2) is 13.4 Å². The average molecular weight is 409 g/mol. The number of hydrogen-bond donors (Lipinski definition) is 2. The summed E-state index contributed by atoms with van der Waals surface area (Å²) in [6.45, 7) is 6.66. The molecule has 0 spiro atoms. The van der Waals surface area contributed by atoms with Gasteiger partial charge in [-0.3, -0.25) is 4.79 Å². The predicted octanol–water partition coefficient (Wildman–Crippen LogP) is 1.69. The van der Waals surface area contributed by atoms with Gasteiger partial charge in [-0.15, -0.1) is 0 Å². The molecule has 1 aliphatic rings. The third-order valence-corrected chi connectivity index (χ3v) is 5.58. The van der Waals surface area contributed by atoms with Crippen LogP contribution in [0.2, 0.25) is 0 Å². The van der Waals surface area contributed by atoms with Crippen LogP contribution in [0, 0.1) is 0 Å². The summed E-state index contributed by atoms with van der Waals surface area (Å²) in [6.07, 6.45) is 3.38. The molecule has 7 nitrogen and oxygen atoms in total. The van der Waals surface area contributed by atoms with Crippen LogP contribution >= 0.6 is 0 Å². The SMILES string of the molecule is CCNC(=NCc1cccc(CN2CCCC2=O)c1)NC(C)CCS(C)(=O)=O. The number of nitrogens with zero attached hydrogens (tertiary/aromatic N) is 2. The number of aliphatic imine (C=N–C) groups is 1. The quantitative estimate of drug-likeness (QED) is 0.479. The highest BCUT2D eigenvalue weighted by Crippen LogP contribution is 2.15. The molecular formula is C20H32N4O3S. The van der Waals surface area contributed by atoms with Crippen molar-refractivity contribution in [1.29, 1.82) is 0 Å². The lowest BCUT2D eigenvalue weighted by Crippen LogP contribution is -2.42. The molecule has 156 valence electrons. The maximum atomic E-state index is 11.8. The van der Waals surface area contributed by atoms with Crippen LogP contribution in [-0.4, -0.2) is 56.3 Å². The third-order valence-electron chi connectivity index (χ3n) is 4.60. The molecule has 0 aliphatic carbocycles.